The fourth-order valence-corrected chi connectivity index (χ4v) is 2.24. The van der Waals surface area contributed by atoms with E-state index in [9.17, 15) is 4.79 Å². The van der Waals surface area contributed by atoms with Crippen LogP contribution in [-0.2, 0) is 11.3 Å². The number of aromatic nitrogens is 2. The van der Waals surface area contributed by atoms with Crippen LogP contribution in [0.5, 0.6) is 11.5 Å². The molecule has 134 valence electrons. The van der Waals surface area contributed by atoms with Crippen LogP contribution >= 0.6 is 0 Å². The van der Waals surface area contributed by atoms with E-state index < -0.39 is 0 Å². The van der Waals surface area contributed by atoms with E-state index in [1.54, 1.807) is 38.3 Å². The molecule has 1 aromatic heterocycles. The van der Waals surface area contributed by atoms with Crippen molar-refractivity contribution in [2.24, 2.45) is 0 Å². The smallest absolute Gasteiger partial charge is 0.338 e. The van der Waals surface area contributed by atoms with Crippen molar-refractivity contribution < 1.29 is 23.5 Å². The molecule has 3 aromatic rings. The number of nitrogens with zero attached hydrogens (tertiary/aromatic N) is 2. The molecule has 0 radical (unpaired) electrons. The molecule has 3 rings (SSSR count). The summed E-state index contributed by atoms with van der Waals surface area (Å²) in [4.78, 5) is 15.9. The lowest BCUT2D eigenvalue weighted by atomic mass is 10.2. The van der Waals surface area contributed by atoms with Gasteiger partial charge in [-0.25, -0.2) is 4.79 Å². The second-order valence-corrected chi connectivity index (χ2v) is 5.28. The topological polar surface area (TPSA) is 83.7 Å². The molecule has 0 spiro atoms. The SMILES string of the molecule is CCOC(=O)c1ccc(OCc2nc(-c3cccc(OC)c3)no2)cc1. The molecule has 26 heavy (non-hydrogen) atoms. The Labute approximate surface area is 150 Å². The summed E-state index contributed by atoms with van der Waals surface area (Å²) in [5.74, 6) is 1.74. The highest BCUT2D eigenvalue weighted by Crippen LogP contribution is 2.21. The average molecular weight is 354 g/mol. The molecule has 0 saturated heterocycles. The predicted octanol–water partition coefficient (Wildman–Crippen LogP) is 3.50. The highest BCUT2D eigenvalue weighted by atomic mass is 16.5. The van der Waals surface area contributed by atoms with E-state index in [1.807, 2.05) is 24.3 Å². The van der Waals surface area contributed by atoms with Crippen LogP contribution < -0.4 is 9.47 Å². The number of hydrogen-bond donors (Lipinski definition) is 0. The van der Waals surface area contributed by atoms with E-state index in [2.05, 4.69) is 10.1 Å². The first-order chi connectivity index (χ1) is 12.7. The first-order valence-electron chi connectivity index (χ1n) is 8.06. The van der Waals surface area contributed by atoms with Gasteiger partial charge in [0, 0.05) is 5.56 Å². The maximum Gasteiger partial charge on any atom is 0.338 e. The zero-order valence-corrected chi connectivity index (χ0v) is 14.5. The van der Waals surface area contributed by atoms with Gasteiger partial charge in [-0.1, -0.05) is 17.3 Å². The standard InChI is InChI=1S/C19H18N2O5/c1-3-24-19(22)13-7-9-15(10-8-13)25-12-17-20-18(21-26-17)14-5-4-6-16(11-14)23-2/h4-11H,3,12H2,1-2H3. The molecule has 0 unspecified atom stereocenters. The Bertz CT molecular complexity index is 874. The highest BCUT2D eigenvalue weighted by Gasteiger charge is 2.11. The second kappa shape index (κ2) is 8.15. The van der Waals surface area contributed by atoms with Crippen LogP contribution in [0.4, 0.5) is 0 Å². The fourth-order valence-electron chi connectivity index (χ4n) is 2.24. The molecule has 1 heterocycles. The number of hydrogen-bond acceptors (Lipinski definition) is 7. The zero-order valence-electron chi connectivity index (χ0n) is 14.5. The molecule has 7 nitrogen and oxygen atoms in total. The minimum Gasteiger partial charge on any atom is -0.497 e. The van der Waals surface area contributed by atoms with Gasteiger partial charge in [-0.2, -0.15) is 4.98 Å². The van der Waals surface area contributed by atoms with Gasteiger partial charge in [-0.3, -0.25) is 0 Å². The van der Waals surface area contributed by atoms with Gasteiger partial charge in [-0.05, 0) is 43.3 Å². The van der Waals surface area contributed by atoms with Crippen molar-refractivity contribution in [3.05, 3.63) is 60.0 Å². The Morgan fingerprint density at radius 3 is 2.65 bits per heavy atom. The third-order valence-electron chi connectivity index (χ3n) is 3.52. The van der Waals surface area contributed by atoms with Crippen LogP contribution in [-0.4, -0.2) is 29.8 Å². The summed E-state index contributed by atoms with van der Waals surface area (Å²) >= 11 is 0. The largest absolute Gasteiger partial charge is 0.497 e. The Morgan fingerprint density at radius 2 is 1.92 bits per heavy atom. The number of methoxy groups -OCH3 is 1. The lowest BCUT2D eigenvalue weighted by Crippen LogP contribution is -2.04. The maximum atomic E-state index is 11.6. The lowest BCUT2D eigenvalue weighted by molar-refractivity contribution is 0.0526. The number of rotatable bonds is 7. The molecule has 0 aliphatic carbocycles. The fraction of sp³-hybridized carbons (Fsp3) is 0.211. The Hall–Kier alpha value is -3.35. The van der Waals surface area contributed by atoms with Gasteiger partial charge in [-0.15, -0.1) is 0 Å². The summed E-state index contributed by atoms with van der Waals surface area (Å²) in [5.41, 5.74) is 1.26. The highest BCUT2D eigenvalue weighted by molar-refractivity contribution is 5.89. The molecule has 0 saturated carbocycles. The van der Waals surface area contributed by atoms with E-state index in [4.69, 9.17) is 18.7 Å². The normalized spacial score (nSPS) is 10.4. The summed E-state index contributed by atoms with van der Waals surface area (Å²) in [7, 11) is 1.60. The van der Waals surface area contributed by atoms with Crippen LogP contribution in [0, 0.1) is 0 Å². The van der Waals surface area contributed by atoms with E-state index in [0.29, 0.717) is 35.4 Å². The minimum absolute atomic E-state index is 0.121. The third kappa shape index (κ3) is 4.18. The van der Waals surface area contributed by atoms with Crippen LogP contribution in [0.25, 0.3) is 11.4 Å². The number of carbonyl (C=O) groups excluding carboxylic acids is 1. The zero-order chi connectivity index (χ0) is 18.4. The van der Waals surface area contributed by atoms with Crippen LogP contribution in [0.3, 0.4) is 0 Å². The van der Waals surface area contributed by atoms with Crippen molar-refractivity contribution in [1.29, 1.82) is 0 Å². The van der Waals surface area contributed by atoms with Crippen molar-refractivity contribution >= 4 is 5.97 Å². The van der Waals surface area contributed by atoms with Gasteiger partial charge in [0.2, 0.25) is 5.82 Å². The first-order valence-corrected chi connectivity index (χ1v) is 8.06. The maximum absolute atomic E-state index is 11.6. The molecule has 0 aliphatic rings. The summed E-state index contributed by atoms with van der Waals surface area (Å²) in [6, 6.07) is 14.0. The number of esters is 1. The second-order valence-electron chi connectivity index (χ2n) is 5.28. The molecular formula is C19H18N2O5. The molecule has 2 aromatic carbocycles. The average Bonchev–Trinajstić information content (AvgIpc) is 3.16. The summed E-state index contributed by atoms with van der Waals surface area (Å²) in [6.45, 7) is 2.22. The molecule has 7 heteroatoms. The molecule has 0 N–H and O–H groups in total. The van der Waals surface area contributed by atoms with Gasteiger partial charge in [0.1, 0.15) is 11.5 Å². The molecule has 0 bridgehead atoms. The van der Waals surface area contributed by atoms with E-state index in [-0.39, 0.29) is 12.6 Å². The van der Waals surface area contributed by atoms with Gasteiger partial charge in [0.15, 0.2) is 6.61 Å². The quantitative estimate of drug-likeness (QED) is 0.600. The lowest BCUT2D eigenvalue weighted by Gasteiger charge is -2.05. The van der Waals surface area contributed by atoms with Crippen molar-refractivity contribution in [3.8, 4) is 22.9 Å². The number of ether oxygens (including phenoxy) is 3. The minimum atomic E-state index is -0.362. The molecule has 0 aliphatic heterocycles. The molecular weight excluding hydrogens is 336 g/mol. The summed E-state index contributed by atoms with van der Waals surface area (Å²) < 4.78 is 20.9. The van der Waals surface area contributed by atoms with Gasteiger partial charge in [0.05, 0.1) is 19.3 Å². The van der Waals surface area contributed by atoms with E-state index in [0.717, 1.165) is 5.56 Å². The molecule has 0 amide bonds. The Balaban J connectivity index is 1.62. The summed E-state index contributed by atoms with van der Waals surface area (Å²) in [5, 5.41) is 3.95. The van der Waals surface area contributed by atoms with E-state index >= 15 is 0 Å². The van der Waals surface area contributed by atoms with Crippen molar-refractivity contribution in [1.82, 2.24) is 10.1 Å². The molecule has 0 atom stereocenters. The van der Waals surface area contributed by atoms with Gasteiger partial charge in [0.25, 0.3) is 5.89 Å². The van der Waals surface area contributed by atoms with Crippen molar-refractivity contribution in [2.45, 2.75) is 13.5 Å². The van der Waals surface area contributed by atoms with Crippen LogP contribution in [0.1, 0.15) is 23.2 Å². The first kappa shape index (κ1) is 17.5. The van der Waals surface area contributed by atoms with Gasteiger partial charge < -0.3 is 18.7 Å². The number of benzene rings is 2. The van der Waals surface area contributed by atoms with E-state index in [1.165, 1.54) is 0 Å². The van der Waals surface area contributed by atoms with Crippen LogP contribution in [0.2, 0.25) is 0 Å². The number of carbonyl (C=O) groups is 1. The van der Waals surface area contributed by atoms with Crippen molar-refractivity contribution in [2.75, 3.05) is 13.7 Å². The third-order valence-corrected chi connectivity index (χ3v) is 3.52. The monoisotopic (exact) mass is 354 g/mol. The predicted molar refractivity (Wildman–Crippen MR) is 93.0 cm³/mol. The Morgan fingerprint density at radius 1 is 1.12 bits per heavy atom. The molecule has 0 fully saturated rings. The van der Waals surface area contributed by atoms with Crippen LogP contribution in [0.15, 0.2) is 53.1 Å². The van der Waals surface area contributed by atoms with Crippen molar-refractivity contribution in [3.63, 3.8) is 0 Å². The van der Waals surface area contributed by atoms with Gasteiger partial charge >= 0.3 is 5.97 Å². The Kier molecular flexibility index (Phi) is 5.48. The summed E-state index contributed by atoms with van der Waals surface area (Å²) in [6.07, 6.45) is 0.